The fourth-order valence-corrected chi connectivity index (χ4v) is 3.64. The first-order chi connectivity index (χ1) is 12.8. The van der Waals surface area contributed by atoms with Crippen molar-refractivity contribution in [1.29, 1.82) is 0 Å². The van der Waals surface area contributed by atoms with Gasteiger partial charge in [0.25, 0.3) is 0 Å². The number of nitrogen functional groups attached to an aromatic ring is 1. The van der Waals surface area contributed by atoms with E-state index in [0.29, 0.717) is 27.4 Å². The number of phenolic OH excluding ortho intramolecular Hbond substituents is 1. The highest BCUT2D eigenvalue weighted by molar-refractivity contribution is 9.11. The highest BCUT2D eigenvalue weighted by Crippen LogP contribution is 2.37. The highest BCUT2D eigenvalue weighted by Gasteiger charge is 2.13. The summed E-state index contributed by atoms with van der Waals surface area (Å²) in [4.78, 5) is 8.90. The Bertz CT molecular complexity index is 1020. The number of nitrogens with zero attached hydrogens (tertiary/aromatic N) is 3. The Hall–Kier alpha value is -2.45. The minimum Gasteiger partial charge on any atom is -0.506 e. The Morgan fingerprint density at radius 2 is 1.81 bits per heavy atom. The Balaban J connectivity index is 1.92. The van der Waals surface area contributed by atoms with E-state index in [0.717, 1.165) is 21.4 Å². The topological polar surface area (TPSA) is 96.4 Å². The molecular formula is C19H17Br2N5O. The standard InChI is InChI=1S/C19H17Br2N5O/c1-10-7-17(26-25-11(2)12-3-5-14(22)6-4-12)24-19(23-10)15-8-13(20)9-16(21)18(15)27/h3-9,27H,22H2,1-2H3,(H,23,24,26)/b25-11-. The van der Waals surface area contributed by atoms with Crippen LogP contribution in [0.3, 0.4) is 0 Å². The van der Waals surface area contributed by atoms with E-state index in [1.54, 1.807) is 18.2 Å². The van der Waals surface area contributed by atoms with E-state index in [1.807, 2.05) is 38.1 Å². The van der Waals surface area contributed by atoms with E-state index in [2.05, 4.69) is 52.4 Å². The summed E-state index contributed by atoms with van der Waals surface area (Å²) < 4.78 is 1.36. The average molecular weight is 491 g/mol. The molecule has 0 atom stereocenters. The number of hydrazone groups is 1. The number of rotatable bonds is 4. The van der Waals surface area contributed by atoms with E-state index >= 15 is 0 Å². The van der Waals surface area contributed by atoms with Gasteiger partial charge in [-0.1, -0.05) is 28.1 Å². The molecule has 4 N–H and O–H groups in total. The predicted octanol–water partition coefficient (Wildman–Crippen LogP) is 5.10. The van der Waals surface area contributed by atoms with Crippen LogP contribution in [0.5, 0.6) is 5.75 Å². The molecule has 8 heteroatoms. The SMILES string of the molecule is C/C(=N/Nc1cc(C)nc(-c2cc(Br)cc(Br)c2O)n1)c1ccc(N)cc1. The molecule has 0 amide bonds. The molecule has 0 saturated heterocycles. The number of benzene rings is 2. The average Bonchev–Trinajstić information content (AvgIpc) is 2.63. The fourth-order valence-electron chi connectivity index (χ4n) is 2.41. The van der Waals surface area contributed by atoms with Gasteiger partial charge in [-0.2, -0.15) is 5.10 Å². The lowest BCUT2D eigenvalue weighted by molar-refractivity contribution is 0.473. The molecule has 138 valence electrons. The van der Waals surface area contributed by atoms with Gasteiger partial charge in [0.1, 0.15) is 5.75 Å². The zero-order chi connectivity index (χ0) is 19.6. The van der Waals surface area contributed by atoms with Crippen molar-refractivity contribution in [2.45, 2.75) is 13.8 Å². The summed E-state index contributed by atoms with van der Waals surface area (Å²) in [6, 6.07) is 12.8. The lowest BCUT2D eigenvalue weighted by Gasteiger charge is -2.09. The molecule has 0 aliphatic rings. The van der Waals surface area contributed by atoms with Gasteiger partial charge in [0.15, 0.2) is 11.6 Å². The van der Waals surface area contributed by atoms with Crippen LogP contribution in [0.2, 0.25) is 0 Å². The van der Waals surface area contributed by atoms with Crippen molar-refractivity contribution in [3.05, 3.63) is 62.7 Å². The number of aromatic hydroxyl groups is 1. The van der Waals surface area contributed by atoms with E-state index in [-0.39, 0.29) is 5.75 Å². The number of nitrogens with two attached hydrogens (primary N) is 1. The van der Waals surface area contributed by atoms with Crippen molar-refractivity contribution in [2.75, 3.05) is 11.2 Å². The van der Waals surface area contributed by atoms with Gasteiger partial charge in [0, 0.05) is 21.9 Å². The highest BCUT2D eigenvalue weighted by atomic mass is 79.9. The number of halogens is 2. The number of anilines is 2. The molecule has 0 fully saturated rings. The van der Waals surface area contributed by atoms with E-state index < -0.39 is 0 Å². The normalized spacial score (nSPS) is 11.5. The second-order valence-electron chi connectivity index (χ2n) is 5.93. The number of nitrogens with one attached hydrogen (secondary N) is 1. The molecule has 1 aromatic heterocycles. The van der Waals surface area contributed by atoms with E-state index in [9.17, 15) is 5.11 Å². The number of phenols is 1. The van der Waals surface area contributed by atoms with Crippen LogP contribution in [0.4, 0.5) is 11.5 Å². The Labute approximate surface area is 173 Å². The summed E-state index contributed by atoms with van der Waals surface area (Å²) in [6.07, 6.45) is 0. The van der Waals surface area contributed by atoms with Crippen LogP contribution < -0.4 is 11.2 Å². The number of hydrogen-bond acceptors (Lipinski definition) is 6. The van der Waals surface area contributed by atoms with Gasteiger partial charge < -0.3 is 10.8 Å². The van der Waals surface area contributed by atoms with Gasteiger partial charge in [-0.05, 0) is 59.6 Å². The largest absolute Gasteiger partial charge is 0.506 e. The molecule has 0 aliphatic carbocycles. The molecule has 2 aromatic carbocycles. The van der Waals surface area contributed by atoms with Gasteiger partial charge in [-0.25, -0.2) is 9.97 Å². The van der Waals surface area contributed by atoms with Crippen LogP contribution in [-0.2, 0) is 0 Å². The monoisotopic (exact) mass is 489 g/mol. The molecule has 27 heavy (non-hydrogen) atoms. The van der Waals surface area contributed by atoms with Crippen LogP contribution >= 0.6 is 31.9 Å². The van der Waals surface area contributed by atoms with E-state index in [1.165, 1.54) is 0 Å². The predicted molar refractivity (Wildman–Crippen MR) is 116 cm³/mol. The van der Waals surface area contributed by atoms with Gasteiger partial charge in [0.2, 0.25) is 0 Å². The van der Waals surface area contributed by atoms with Crippen LogP contribution in [0.15, 0.2) is 56.5 Å². The summed E-state index contributed by atoms with van der Waals surface area (Å²) in [5.41, 5.74) is 12.4. The first kappa shape index (κ1) is 19.3. The molecule has 0 aliphatic heterocycles. The zero-order valence-electron chi connectivity index (χ0n) is 14.7. The smallest absolute Gasteiger partial charge is 0.165 e. The maximum atomic E-state index is 10.3. The van der Waals surface area contributed by atoms with E-state index in [4.69, 9.17) is 5.73 Å². The maximum Gasteiger partial charge on any atom is 0.165 e. The van der Waals surface area contributed by atoms with Crippen molar-refractivity contribution < 1.29 is 5.11 Å². The third kappa shape index (κ3) is 4.64. The third-order valence-corrected chi connectivity index (χ3v) is 4.85. The van der Waals surface area contributed by atoms with Crippen LogP contribution in [0.25, 0.3) is 11.4 Å². The molecule has 0 radical (unpaired) electrons. The molecule has 0 unspecified atom stereocenters. The number of hydrogen-bond donors (Lipinski definition) is 3. The van der Waals surface area contributed by atoms with Gasteiger partial charge in [-0.15, -0.1) is 0 Å². The Morgan fingerprint density at radius 3 is 2.52 bits per heavy atom. The lowest BCUT2D eigenvalue weighted by Crippen LogP contribution is -2.03. The molecule has 0 bridgehead atoms. The van der Waals surface area contributed by atoms with Crippen LogP contribution in [0, 0.1) is 6.92 Å². The van der Waals surface area contributed by atoms with Crippen molar-refractivity contribution in [1.82, 2.24) is 9.97 Å². The molecule has 3 aromatic rings. The molecular weight excluding hydrogens is 474 g/mol. The maximum absolute atomic E-state index is 10.3. The van der Waals surface area contributed by atoms with Crippen molar-refractivity contribution >= 4 is 49.1 Å². The summed E-state index contributed by atoms with van der Waals surface area (Å²) >= 11 is 6.75. The summed E-state index contributed by atoms with van der Waals surface area (Å²) in [6.45, 7) is 3.75. The van der Waals surface area contributed by atoms with Crippen LogP contribution in [-0.4, -0.2) is 20.8 Å². The minimum absolute atomic E-state index is 0.0799. The van der Waals surface area contributed by atoms with Crippen LogP contribution in [0.1, 0.15) is 18.2 Å². The Kier molecular flexibility index (Phi) is 5.76. The van der Waals surface area contributed by atoms with Crippen molar-refractivity contribution in [3.63, 3.8) is 0 Å². The number of aromatic nitrogens is 2. The second-order valence-corrected chi connectivity index (χ2v) is 7.70. The molecule has 6 nitrogen and oxygen atoms in total. The minimum atomic E-state index is 0.0799. The lowest BCUT2D eigenvalue weighted by atomic mass is 10.1. The quantitative estimate of drug-likeness (QED) is 0.268. The van der Waals surface area contributed by atoms with Gasteiger partial charge in [0.05, 0.1) is 15.7 Å². The molecule has 1 heterocycles. The summed E-state index contributed by atoms with van der Waals surface area (Å²) in [5.74, 6) is 1.01. The molecule has 0 spiro atoms. The molecule has 0 saturated carbocycles. The fraction of sp³-hybridized carbons (Fsp3) is 0.105. The third-order valence-electron chi connectivity index (χ3n) is 3.79. The summed E-state index contributed by atoms with van der Waals surface area (Å²) in [5, 5.41) is 14.7. The summed E-state index contributed by atoms with van der Waals surface area (Å²) in [7, 11) is 0. The zero-order valence-corrected chi connectivity index (χ0v) is 17.8. The number of aryl methyl sites for hydroxylation is 1. The van der Waals surface area contributed by atoms with Crippen molar-refractivity contribution in [2.24, 2.45) is 5.10 Å². The Morgan fingerprint density at radius 1 is 1.11 bits per heavy atom. The first-order valence-electron chi connectivity index (χ1n) is 8.04. The second kappa shape index (κ2) is 8.06. The van der Waals surface area contributed by atoms with Crippen molar-refractivity contribution in [3.8, 4) is 17.1 Å². The first-order valence-corrected chi connectivity index (χ1v) is 9.62. The molecule has 3 rings (SSSR count). The van der Waals surface area contributed by atoms with Gasteiger partial charge in [-0.3, -0.25) is 5.43 Å². The van der Waals surface area contributed by atoms with Gasteiger partial charge >= 0.3 is 0 Å².